The minimum Gasteiger partial charge on any atom is -0.493 e. The number of piperidine rings is 1. The summed E-state index contributed by atoms with van der Waals surface area (Å²) in [7, 11) is 1.70. The molecule has 0 unspecified atom stereocenters. The van der Waals surface area contributed by atoms with Crippen molar-refractivity contribution in [3.05, 3.63) is 35.9 Å². The molecule has 0 saturated carbocycles. The van der Waals surface area contributed by atoms with Crippen molar-refractivity contribution in [2.24, 2.45) is 0 Å². The molecule has 1 N–H and O–H groups in total. The van der Waals surface area contributed by atoms with E-state index < -0.39 is 0 Å². The average molecular weight is 332 g/mol. The molecule has 4 nitrogen and oxygen atoms in total. The molecule has 1 aromatic carbocycles. The Hall–Kier alpha value is -1.52. The third-order valence-electron chi connectivity index (χ3n) is 4.37. The quantitative estimate of drug-likeness (QED) is 0.701. The molecule has 1 saturated heterocycles. The lowest BCUT2D eigenvalue weighted by atomic mass is 10.0. The second-order valence-electron chi connectivity index (χ2n) is 6.72. The van der Waals surface area contributed by atoms with Gasteiger partial charge in [0.1, 0.15) is 0 Å². The standard InChI is InChI=1S/C20H32N2O2/c1-5-12-24-19-7-6-17(13-20(19)23-4)14-21-18-8-10-22(11-9-18)15-16(2)3/h6-7,13,18,21H,2,5,8-12,14-15H2,1,3-4H3. The summed E-state index contributed by atoms with van der Waals surface area (Å²) in [6.45, 7) is 13.1. The fourth-order valence-electron chi connectivity index (χ4n) is 3.09. The molecular weight excluding hydrogens is 300 g/mol. The average Bonchev–Trinajstić information content (AvgIpc) is 2.59. The molecule has 0 aliphatic carbocycles. The zero-order valence-corrected chi connectivity index (χ0v) is 15.4. The molecule has 1 heterocycles. The largest absolute Gasteiger partial charge is 0.493 e. The Morgan fingerprint density at radius 3 is 2.67 bits per heavy atom. The predicted molar refractivity (Wildman–Crippen MR) is 99.9 cm³/mol. The lowest BCUT2D eigenvalue weighted by Crippen LogP contribution is -2.42. The zero-order chi connectivity index (χ0) is 17.4. The SMILES string of the molecule is C=C(C)CN1CCC(NCc2ccc(OCCC)c(OC)c2)CC1. The van der Waals surface area contributed by atoms with Crippen molar-refractivity contribution in [1.29, 1.82) is 0 Å². The third kappa shape index (κ3) is 5.84. The number of hydrogen-bond donors (Lipinski definition) is 1. The summed E-state index contributed by atoms with van der Waals surface area (Å²) in [5, 5.41) is 3.68. The van der Waals surface area contributed by atoms with Crippen LogP contribution in [0, 0.1) is 0 Å². The van der Waals surface area contributed by atoms with E-state index in [2.05, 4.69) is 42.8 Å². The Balaban J connectivity index is 1.81. The van der Waals surface area contributed by atoms with Gasteiger partial charge in [0.2, 0.25) is 0 Å². The second-order valence-corrected chi connectivity index (χ2v) is 6.72. The Labute approximate surface area is 146 Å². The van der Waals surface area contributed by atoms with Crippen LogP contribution >= 0.6 is 0 Å². The number of likely N-dealkylation sites (tertiary alicyclic amines) is 1. The van der Waals surface area contributed by atoms with E-state index in [1.54, 1.807) is 7.11 Å². The van der Waals surface area contributed by atoms with Crippen molar-refractivity contribution < 1.29 is 9.47 Å². The first-order valence-electron chi connectivity index (χ1n) is 9.02. The molecule has 0 aromatic heterocycles. The van der Waals surface area contributed by atoms with Gasteiger partial charge in [-0.1, -0.05) is 25.1 Å². The smallest absolute Gasteiger partial charge is 0.161 e. The number of methoxy groups -OCH3 is 1. The predicted octanol–water partition coefficient (Wildman–Crippen LogP) is 3.61. The minimum absolute atomic E-state index is 0.591. The van der Waals surface area contributed by atoms with E-state index in [-0.39, 0.29) is 0 Å². The lowest BCUT2D eigenvalue weighted by molar-refractivity contribution is 0.211. The summed E-state index contributed by atoms with van der Waals surface area (Å²) >= 11 is 0. The summed E-state index contributed by atoms with van der Waals surface area (Å²) in [6, 6.07) is 6.81. The van der Waals surface area contributed by atoms with Crippen LogP contribution in [0.1, 0.15) is 38.7 Å². The number of rotatable bonds is 9. The van der Waals surface area contributed by atoms with Crippen molar-refractivity contribution in [3.8, 4) is 11.5 Å². The first kappa shape index (κ1) is 18.8. The zero-order valence-electron chi connectivity index (χ0n) is 15.4. The number of ether oxygens (including phenoxy) is 2. The Kier molecular flexibility index (Phi) is 7.60. The van der Waals surface area contributed by atoms with Gasteiger partial charge in [-0.3, -0.25) is 4.90 Å². The van der Waals surface area contributed by atoms with Gasteiger partial charge in [-0.25, -0.2) is 0 Å². The van der Waals surface area contributed by atoms with Crippen LogP contribution in [-0.2, 0) is 6.54 Å². The van der Waals surface area contributed by atoms with Crippen molar-refractivity contribution in [2.45, 2.75) is 45.7 Å². The van der Waals surface area contributed by atoms with E-state index in [4.69, 9.17) is 9.47 Å². The van der Waals surface area contributed by atoms with Crippen LogP contribution in [0.4, 0.5) is 0 Å². The first-order valence-corrected chi connectivity index (χ1v) is 9.02. The highest BCUT2D eigenvalue weighted by molar-refractivity contribution is 5.42. The monoisotopic (exact) mass is 332 g/mol. The highest BCUT2D eigenvalue weighted by atomic mass is 16.5. The van der Waals surface area contributed by atoms with Crippen molar-refractivity contribution in [3.63, 3.8) is 0 Å². The molecule has 1 fully saturated rings. The minimum atomic E-state index is 0.591. The molecule has 1 aliphatic rings. The van der Waals surface area contributed by atoms with Gasteiger partial charge in [0.25, 0.3) is 0 Å². The summed E-state index contributed by atoms with van der Waals surface area (Å²) in [6.07, 6.45) is 3.39. The molecular formula is C20H32N2O2. The molecule has 24 heavy (non-hydrogen) atoms. The van der Waals surface area contributed by atoms with Crippen LogP contribution in [0.3, 0.4) is 0 Å². The van der Waals surface area contributed by atoms with E-state index in [9.17, 15) is 0 Å². The first-order chi connectivity index (χ1) is 11.6. The fraction of sp³-hybridized carbons (Fsp3) is 0.600. The van der Waals surface area contributed by atoms with Crippen molar-refractivity contribution in [1.82, 2.24) is 10.2 Å². The van der Waals surface area contributed by atoms with Crippen LogP contribution in [-0.4, -0.2) is 44.3 Å². The van der Waals surface area contributed by atoms with Gasteiger partial charge in [0, 0.05) is 19.1 Å². The molecule has 0 bridgehead atoms. The van der Waals surface area contributed by atoms with Gasteiger partial charge in [0.15, 0.2) is 11.5 Å². The van der Waals surface area contributed by atoms with E-state index in [0.29, 0.717) is 6.04 Å². The Bertz CT molecular complexity index is 522. The Morgan fingerprint density at radius 1 is 1.29 bits per heavy atom. The van der Waals surface area contributed by atoms with Gasteiger partial charge >= 0.3 is 0 Å². The van der Waals surface area contributed by atoms with Gasteiger partial charge in [-0.15, -0.1) is 0 Å². The van der Waals surface area contributed by atoms with Crippen LogP contribution in [0.2, 0.25) is 0 Å². The number of hydrogen-bond acceptors (Lipinski definition) is 4. The van der Waals surface area contributed by atoms with E-state index in [1.165, 1.54) is 24.0 Å². The second kappa shape index (κ2) is 9.70. The summed E-state index contributed by atoms with van der Waals surface area (Å²) in [5.74, 6) is 1.65. The van der Waals surface area contributed by atoms with Gasteiger partial charge in [-0.05, 0) is 57.0 Å². The highest BCUT2D eigenvalue weighted by Gasteiger charge is 2.18. The molecule has 0 spiro atoms. The summed E-state index contributed by atoms with van der Waals surface area (Å²) in [4.78, 5) is 2.49. The van der Waals surface area contributed by atoms with E-state index in [1.807, 2.05) is 6.07 Å². The lowest BCUT2D eigenvalue weighted by Gasteiger charge is -2.32. The Morgan fingerprint density at radius 2 is 2.04 bits per heavy atom. The summed E-state index contributed by atoms with van der Waals surface area (Å²) in [5.41, 5.74) is 2.49. The van der Waals surface area contributed by atoms with Crippen LogP contribution in [0.5, 0.6) is 11.5 Å². The van der Waals surface area contributed by atoms with E-state index in [0.717, 1.165) is 50.7 Å². The maximum Gasteiger partial charge on any atom is 0.161 e. The van der Waals surface area contributed by atoms with Gasteiger partial charge in [0.05, 0.1) is 13.7 Å². The van der Waals surface area contributed by atoms with Crippen LogP contribution < -0.4 is 14.8 Å². The molecule has 0 radical (unpaired) electrons. The summed E-state index contributed by atoms with van der Waals surface area (Å²) < 4.78 is 11.2. The fourth-order valence-corrected chi connectivity index (χ4v) is 3.09. The van der Waals surface area contributed by atoms with Crippen LogP contribution in [0.25, 0.3) is 0 Å². The molecule has 1 aromatic rings. The molecule has 2 rings (SSSR count). The molecule has 134 valence electrons. The highest BCUT2D eigenvalue weighted by Crippen LogP contribution is 2.28. The van der Waals surface area contributed by atoms with Gasteiger partial charge < -0.3 is 14.8 Å². The molecule has 1 aliphatic heterocycles. The van der Waals surface area contributed by atoms with Crippen molar-refractivity contribution >= 4 is 0 Å². The number of nitrogens with zero attached hydrogens (tertiary/aromatic N) is 1. The van der Waals surface area contributed by atoms with Crippen LogP contribution in [0.15, 0.2) is 30.4 Å². The van der Waals surface area contributed by atoms with Gasteiger partial charge in [-0.2, -0.15) is 0 Å². The third-order valence-corrected chi connectivity index (χ3v) is 4.37. The number of nitrogens with one attached hydrogen (secondary N) is 1. The normalized spacial score (nSPS) is 16.1. The maximum atomic E-state index is 5.71. The molecule has 0 amide bonds. The molecule has 4 heteroatoms. The maximum absolute atomic E-state index is 5.71. The molecule has 0 atom stereocenters. The number of benzene rings is 1. The van der Waals surface area contributed by atoms with Crippen molar-refractivity contribution in [2.75, 3.05) is 33.4 Å². The topological polar surface area (TPSA) is 33.7 Å². The van der Waals surface area contributed by atoms with E-state index >= 15 is 0 Å².